The van der Waals surface area contributed by atoms with Crippen LogP contribution >= 0.6 is 0 Å². The number of halogens is 3. The maximum Gasteiger partial charge on any atom is 0.433 e. The first-order valence-corrected chi connectivity index (χ1v) is 9.25. The predicted molar refractivity (Wildman–Crippen MR) is 106 cm³/mol. The monoisotopic (exact) mass is 399 g/mol. The third kappa shape index (κ3) is 3.87. The molecule has 0 bridgehead atoms. The van der Waals surface area contributed by atoms with Gasteiger partial charge in [-0.2, -0.15) is 13.2 Å². The minimum atomic E-state index is -4.57. The molecular weight excluding hydrogens is 379 g/mol. The average Bonchev–Trinajstić information content (AvgIpc) is 2.84. The Bertz CT molecular complexity index is 1010. The number of likely N-dealkylation sites (N-methyl/N-ethyl adjacent to an activating group) is 1. The standard InChI is InChI=1S/C21H20F3N5/c1-14-12-28(2)17-8-4-3-6-16(17)13-29(14)19-10-18(21(22,23)24)26-20(27-19)15-7-5-9-25-11-15/h3-11,14H,12-13H2,1-2H3/t14-/m1/s1. The van der Waals surface area contributed by atoms with Gasteiger partial charge in [-0.1, -0.05) is 18.2 Å². The third-order valence-electron chi connectivity index (χ3n) is 5.03. The lowest BCUT2D eigenvalue weighted by atomic mass is 10.1. The Labute approximate surface area is 166 Å². The number of para-hydroxylation sites is 1. The number of anilines is 2. The van der Waals surface area contributed by atoms with E-state index in [1.54, 1.807) is 18.3 Å². The minimum absolute atomic E-state index is 0.0148. The molecule has 0 unspecified atom stereocenters. The van der Waals surface area contributed by atoms with Crippen LogP contribution in [0.5, 0.6) is 0 Å². The van der Waals surface area contributed by atoms with Crippen LogP contribution in [0.1, 0.15) is 18.2 Å². The number of benzene rings is 1. The smallest absolute Gasteiger partial charge is 0.372 e. The van der Waals surface area contributed by atoms with Gasteiger partial charge in [0.2, 0.25) is 0 Å². The van der Waals surface area contributed by atoms with Crippen molar-refractivity contribution in [3.05, 3.63) is 66.1 Å². The molecule has 3 aromatic rings. The van der Waals surface area contributed by atoms with Crippen LogP contribution in [0, 0.1) is 0 Å². The summed E-state index contributed by atoms with van der Waals surface area (Å²) in [6.45, 7) is 3.11. The van der Waals surface area contributed by atoms with Crippen molar-refractivity contribution in [2.75, 3.05) is 23.4 Å². The molecule has 0 radical (unpaired) electrons. The molecule has 0 spiro atoms. The van der Waals surface area contributed by atoms with E-state index >= 15 is 0 Å². The van der Waals surface area contributed by atoms with E-state index in [9.17, 15) is 13.2 Å². The fourth-order valence-corrected chi connectivity index (χ4v) is 3.61. The van der Waals surface area contributed by atoms with Gasteiger partial charge in [0.25, 0.3) is 0 Å². The second-order valence-electron chi connectivity index (χ2n) is 7.16. The topological polar surface area (TPSA) is 45.2 Å². The van der Waals surface area contributed by atoms with Crippen molar-refractivity contribution >= 4 is 11.5 Å². The number of pyridine rings is 1. The van der Waals surface area contributed by atoms with E-state index in [0.29, 0.717) is 18.7 Å². The van der Waals surface area contributed by atoms with E-state index in [0.717, 1.165) is 17.3 Å². The van der Waals surface area contributed by atoms with Gasteiger partial charge in [0.05, 0.1) is 0 Å². The molecule has 0 N–H and O–H groups in total. The number of alkyl halides is 3. The number of rotatable bonds is 2. The van der Waals surface area contributed by atoms with Crippen LogP contribution in [-0.2, 0) is 12.7 Å². The second-order valence-corrected chi connectivity index (χ2v) is 7.16. The molecule has 1 atom stereocenters. The lowest BCUT2D eigenvalue weighted by molar-refractivity contribution is -0.141. The molecule has 8 heteroatoms. The van der Waals surface area contributed by atoms with Crippen molar-refractivity contribution in [3.8, 4) is 11.4 Å². The van der Waals surface area contributed by atoms with Gasteiger partial charge >= 0.3 is 6.18 Å². The van der Waals surface area contributed by atoms with Gasteiger partial charge in [-0.15, -0.1) is 0 Å². The van der Waals surface area contributed by atoms with Crippen LogP contribution in [-0.4, -0.2) is 34.6 Å². The normalized spacial score (nSPS) is 17.1. The minimum Gasteiger partial charge on any atom is -0.372 e. The SMILES string of the molecule is C[C@@H]1CN(C)c2ccccc2CN1c1cc(C(F)(F)F)nc(-c2cccnc2)n1. The highest BCUT2D eigenvalue weighted by atomic mass is 19.4. The molecule has 0 aliphatic carbocycles. The Morgan fingerprint density at radius 3 is 2.59 bits per heavy atom. The quantitative estimate of drug-likeness (QED) is 0.639. The first-order chi connectivity index (χ1) is 13.8. The zero-order valence-corrected chi connectivity index (χ0v) is 16.1. The van der Waals surface area contributed by atoms with Crippen LogP contribution in [0.25, 0.3) is 11.4 Å². The van der Waals surface area contributed by atoms with E-state index in [2.05, 4.69) is 19.9 Å². The number of fused-ring (bicyclic) bond motifs is 1. The summed E-state index contributed by atoms with van der Waals surface area (Å²) >= 11 is 0. The van der Waals surface area contributed by atoms with Gasteiger partial charge in [-0.25, -0.2) is 9.97 Å². The molecule has 29 heavy (non-hydrogen) atoms. The molecule has 0 fully saturated rings. The van der Waals surface area contributed by atoms with Gasteiger partial charge in [-0.3, -0.25) is 4.98 Å². The van der Waals surface area contributed by atoms with Gasteiger partial charge in [0.1, 0.15) is 5.82 Å². The van der Waals surface area contributed by atoms with Gasteiger partial charge < -0.3 is 9.80 Å². The maximum atomic E-state index is 13.6. The predicted octanol–water partition coefficient (Wildman–Crippen LogP) is 4.40. The molecule has 0 saturated heterocycles. The number of hydrogen-bond acceptors (Lipinski definition) is 5. The lowest BCUT2D eigenvalue weighted by Gasteiger charge is -2.30. The Balaban J connectivity index is 1.83. The summed E-state index contributed by atoms with van der Waals surface area (Å²) in [5.41, 5.74) is 1.59. The van der Waals surface area contributed by atoms with Crippen LogP contribution in [0.2, 0.25) is 0 Å². The summed E-state index contributed by atoms with van der Waals surface area (Å²) in [4.78, 5) is 16.3. The molecule has 4 rings (SSSR count). The summed E-state index contributed by atoms with van der Waals surface area (Å²) in [6.07, 6.45) is -1.55. The second kappa shape index (κ2) is 7.35. The first kappa shape index (κ1) is 19.2. The number of hydrogen-bond donors (Lipinski definition) is 0. The molecule has 5 nitrogen and oxygen atoms in total. The Morgan fingerprint density at radius 1 is 1.07 bits per heavy atom. The Morgan fingerprint density at radius 2 is 1.86 bits per heavy atom. The summed E-state index contributed by atoms with van der Waals surface area (Å²) in [5.74, 6) is 0.268. The molecule has 1 aromatic carbocycles. The fraction of sp³-hybridized carbons (Fsp3) is 0.286. The van der Waals surface area contributed by atoms with Crippen molar-refractivity contribution in [3.63, 3.8) is 0 Å². The molecule has 3 heterocycles. The van der Waals surface area contributed by atoms with E-state index in [1.165, 1.54) is 6.20 Å². The van der Waals surface area contributed by atoms with Crippen molar-refractivity contribution in [2.24, 2.45) is 0 Å². The lowest BCUT2D eigenvalue weighted by Crippen LogP contribution is -2.38. The van der Waals surface area contributed by atoms with Crippen molar-refractivity contribution in [1.82, 2.24) is 15.0 Å². The summed E-state index contributed by atoms with van der Waals surface area (Å²) in [6, 6.07) is 12.2. The fourth-order valence-electron chi connectivity index (χ4n) is 3.61. The highest BCUT2D eigenvalue weighted by Crippen LogP contribution is 2.34. The Kier molecular flexibility index (Phi) is 4.86. The van der Waals surface area contributed by atoms with Crippen molar-refractivity contribution in [1.29, 1.82) is 0 Å². The molecule has 150 valence electrons. The molecule has 2 aromatic heterocycles. The molecule has 0 amide bonds. The van der Waals surface area contributed by atoms with Crippen molar-refractivity contribution in [2.45, 2.75) is 25.7 Å². The summed E-state index contributed by atoms with van der Waals surface area (Å²) in [5, 5.41) is 0. The first-order valence-electron chi connectivity index (χ1n) is 9.25. The van der Waals surface area contributed by atoms with Crippen LogP contribution in [0.3, 0.4) is 0 Å². The third-order valence-corrected chi connectivity index (χ3v) is 5.03. The van der Waals surface area contributed by atoms with Crippen LogP contribution in [0.4, 0.5) is 24.7 Å². The van der Waals surface area contributed by atoms with Crippen LogP contribution in [0.15, 0.2) is 54.9 Å². The average molecular weight is 399 g/mol. The summed E-state index contributed by atoms with van der Waals surface area (Å²) in [7, 11) is 1.99. The highest BCUT2D eigenvalue weighted by molar-refractivity contribution is 5.60. The van der Waals surface area contributed by atoms with Gasteiger partial charge in [-0.05, 0) is 30.7 Å². The zero-order valence-electron chi connectivity index (χ0n) is 16.1. The molecular formula is C21H20F3N5. The number of nitrogens with zero attached hydrogens (tertiary/aromatic N) is 5. The number of aromatic nitrogens is 3. The molecule has 1 aliphatic heterocycles. The van der Waals surface area contributed by atoms with E-state index in [-0.39, 0.29) is 17.7 Å². The van der Waals surface area contributed by atoms with Crippen molar-refractivity contribution < 1.29 is 13.2 Å². The Hall–Kier alpha value is -3.16. The van der Waals surface area contributed by atoms with Gasteiger partial charge in [0.15, 0.2) is 11.5 Å². The molecule has 1 aliphatic rings. The van der Waals surface area contributed by atoms with Crippen LogP contribution < -0.4 is 9.80 Å². The van der Waals surface area contributed by atoms with E-state index in [1.807, 2.05) is 43.1 Å². The van der Waals surface area contributed by atoms with Gasteiger partial charge in [0, 0.05) is 55.9 Å². The molecule has 0 saturated carbocycles. The largest absolute Gasteiger partial charge is 0.433 e. The zero-order chi connectivity index (χ0) is 20.6. The summed E-state index contributed by atoms with van der Waals surface area (Å²) < 4.78 is 40.7. The maximum absolute atomic E-state index is 13.6. The van der Waals surface area contributed by atoms with E-state index < -0.39 is 11.9 Å². The van der Waals surface area contributed by atoms with E-state index in [4.69, 9.17) is 0 Å². The highest BCUT2D eigenvalue weighted by Gasteiger charge is 2.35.